The van der Waals surface area contributed by atoms with Crippen LogP contribution in [0, 0.1) is 0 Å². The van der Waals surface area contributed by atoms with E-state index in [-0.39, 0.29) is 42.0 Å². The Balaban J connectivity index is 0.00000565. The summed E-state index contributed by atoms with van der Waals surface area (Å²) in [4.78, 5) is 61.7. The highest BCUT2D eigenvalue weighted by atomic mass is 32.2. The minimum Gasteiger partial charge on any atom is -0.493 e. The average molecular weight is 693 g/mol. The molecule has 1 saturated heterocycles. The number of carbonyl (C=O) groups is 5. The number of hydrogen-bond donors (Lipinski definition) is 2. The molecule has 272 valence electrons. The van der Waals surface area contributed by atoms with Crippen LogP contribution in [-0.2, 0) is 14.3 Å². The van der Waals surface area contributed by atoms with Gasteiger partial charge in [0.15, 0.2) is 6.29 Å². The molecule has 1 unspecified atom stereocenters. The lowest BCUT2D eigenvalue weighted by molar-refractivity contribution is -0.125. The van der Waals surface area contributed by atoms with E-state index in [4.69, 9.17) is 9.47 Å². The van der Waals surface area contributed by atoms with E-state index >= 15 is 0 Å². The van der Waals surface area contributed by atoms with Crippen LogP contribution in [0.25, 0.3) is 0 Å². The molecular weight excluding hydrogens is 632 g/mol. The predicted octanol–water partition coefficient (Wildman–Crippen LogP) is 6.44. The van der Waals surface area contributed by atoms with Crippen molar-refractivity contribution in [2.45, 2.75) is 123 Å². The first kappa shape index (κ1) is 42.9. The molecule has 2 rings (SSSR count). The maximum absolute atomic E-state index is 13.4. The standard InChI is InChI=1S/C34H54N4O7S.C2H6/c1-34(2,3)45-33(43)36-27-18-20-38(21-19-27)46-24-12-10-8-6-7-9-11-23-44-29-17-13-15-26(25-40)30(29)32(42)37(5)28(16-14-22-39)31(41)35-4;1-2/h13,15,17,22,25,27-28H,6-12,14,16,18-21,23-24H2,1-5H3,(H,35,41)(H,36,43);1-2H3. The van der Waals surface area contributed by atoms with E-state index in [1.165, 1.54) is 38.3 Å². The Bertz CT molecular complexity index is 1120. The molecule has 1 aliphatic rings. The van der Waals surface area contributed by atoms with Gasteiger partial charge in [-0.15, -0.1) is 0 Å². The summed E-state index contributed by atoms with van der Waals surface area (Å²) in [6.07, 6.45) is 10.8. The number of aldehydes is 2. The van der Waals surface area contributed by atoms with Crippen molar-refractivity contribution in [3.63, 3.8) is 0 Å². The van der Waals surface area contributed by atoms with Gasteiger partial charge in [-0.25, -0.2) is 4.79 Å². The van der Waals surface area contributed by atoms with Gasteiger partial charge in [-0.3, -0.25) is 18.7 Å². The molecule has 1 atom stereocenters. The number of nitrogens with zero attached hydrogens (tertiary/aromatic N) is 2. The lowest BCUT2D eigenvalue weighted by Gasteiger charge is -2.32. The summed E-state index contributed by atoms with van der Waals surface area (Å²) in [6.45, 7) is 12.0. The largest absolute Gasteiger partial charge is 0.493 e. The normalized spacial score (nSPS) is 14.1. The minimum atomic E-state index is -0.846. The van der Waals surface area contributed by atoms with E-state index in [2.05, 4.69) is 14.9 Å². The number of likely N-dealkylation sites (N-methyl/N-ethyl adjacent to an activating group) is 2. The summed E-state index contributed by atoms with van der Waals surface area (Å²) in [5, 5.41) is 5.52. The second-order valence-electron chi connectivity index (χ2n) is 12.6. The monoisotopic (exact) mass is 692 g/mol. The van der Waals surface area contributed by atoms with Gasteiger partial charge in [-0.1, -0.05) is 70.0 Å². The molecule has 2 N–H and O–H groups in total. The topological polar surface area (TPSA) is 134 Å². The molecule has 48 heavy (non-hydrogen) atoms. The number of nitrogens with one attached hydrogen (secondary N) is 2. The van der Waals surface area contributed by atoms with Crippen LogP contribution in [0.15, 0.2) is 18.2 Å². The van der Waals surface area contributed by atoms with E-state index in [1.54, 1.807) is 18.2 Å². The van der Waals surface area contributed by atoms with Gasteiger partial charge in [0.1, 0.15) is 23.7 Å². The highest BCUT2D eigenvalue weighted by Gasteiger charge is 2.30. The van der Waals surface area contributed by atoms with Crippen molar-refractivity contribution in [1.82, 2.24) is 19.8 Å². The fourth-order valence-corrected chi connectivity index (χ4v) is 6.33. The molecule has 1 aliphatic heterocycles. The number of carbonyl (C=O) groups excluding carboxylic acids is 5. The van der Waals surface area contributed by atoms with Crippen molar-refractivity contribution >= 4 is 42.4 Å². The molecule has 0 bridgehead atoms. The Morgan fingerprint density at radius 1 is 1.02 bits per heavy atom. The van der Waals surface area contributed by atoms with Crippen LogP contribution in [0.5, 0.6) is 5.75 Å². The van der Waals surface area contributed by atoms with Crippen molar-refractivity contribution in [2.24, 2.45) is 0 Å². The molecule has 0 aliphatic carbocycles. The second kappa shape index (κ2) is 24.1. The van der Waals surface area contributed by atoms with Crippen molar-refractivity contribution in [3.8, 4) is 5.75 Å². The number of rotatable bonds is 20. The Kier molecular flexibility index (Phi) is 21.5. The predicted molar refractivity (Wildman–Crippen MR) is 193 cm³/mol. The van der Waals surface area contributed by atoms with Crippen molar-refractivity contribution < 1.29 is 33.4 Å². The van der Waals surface area contributed by atoms with Gasteiger partial charge in [0, 0.05) is 51.0 Å². The van der Waals surface area contributed by atoms with E-state index in [9.17, 15) is 24.0 Å². The number of unbranched alkanes of at least 4 members (excludes halogenated alkanes) is 6. The number of hydrogen-bond acceptors (Lipinski definition) is 9. The zero-order valence-electron chi connectivity index (χ0n) is 30.3. The van der Waals surface area contributed by atoms with Gasteiger partial charge >= 0.3 is 6.09 Å². The highest BCUT2D eigenvalue weighted by molar-refractivity contribution is 7.97. The average Bonchev–Trinajstić information content (AvgIpc) is 3.07. The smallest absolute Gasteiger partial charge is 0.407 e. The number of benzene rings is 1. The van der Waals surface area contributed by atoms with Crippen molar-refractivity contribution in [3.05, 3.63) is 29.3 Å². The Morgan fingerprint density at radius 2 is 1.65 bits per heavy atom. The van der Waals surface area contributed by atoms with Gasteiger partial charge in [0.25, 0.3) is 5.91 Å². The lowest BCUT2D eigenvalue weighted by atomic mass is 10.0. The Labute approximate surface area is 292 Å². The second-order valence-corrected chi connectivity index (χ2v) is 13.8. The third-order valence-corrected chi connectivity index (χ3v) is 8.99. The molecule has 12 heteroatoms. The molecular formula is C36H60N4O7S. The third kappa shape index (κ3) is 16.3. The SMILES string of the molecule is CC.CNC(=O)C(CCC=O)N(C)C(=O)c1c(C=O)cccc1OCCCCCCCCCSN1CCC(NC(=O)OC(C)(C)C)CC1. The Morgan fingerprint density at radius 3 is 2.23 bits per heavy atom. The van der Waals surface area contributed by atoms with Gasteiger partial charge < -0.3 is 29.8 Å². The molecule has 1 aromatic rings. The van der Waals surface area contributed by atoms with Crippen LogP contribution in [0.1, 0.15) is 126 Å². The fraction of sp³-hybridized carbons (Fsp3) is 0.694. The molecule has 1 heterocycles. The zero-order valence-corrected chi connectivity index (χ0v) is 31.1. The summed E-state index contributed by atoms with van der Waals surface area (Å²) < 4.78 is 13.7. The summed E-state index contributed by atoms with van der Waals surface area (Å²) in [6, 6.07) is 4.21. The van der Waals surface area contributed by atoms with Crippen LogP contribution < -0.4 is 15.4 Å². The highest BCUT2D eigenvalue weighted by Crippen LogP contribution is 2.25. The first-order valence-corrected chi connectivity index (χ1v) is 18.5. The van der Waals surface area contributed by atoms with E-state index < -0.39 is 17.6 Å². The minimum absolute atomic E-state index is 0.125. The van der Waals surface area contributed by atoms with Crippen LogP contribution in [0.4, 0.5) is 4.79 Å². The first-order chi connectivity index (χ1) is 23.0. The number of alkyl carbamates (subject to hydrolysis) is 1. The molecule has 0 aromatic heterocycles. The summed E-state index contributed by atoms with van der Waals surface area (Å²) >= 11 is 1.91. The van der Waals surface area contributed by atoms with Gasteiger partial charge in [-0.05, 0) is 58.9 Å². The molecule has 11 nitrogen and oxygen atoms in total. The summed E-state index contributed by atoms with van der Waals surface area (Å²) in [5.74, 6) is 0.534. The van der Waals surface area contributed by atoms with E-state index in [1.807, 2.05) is 46.6 Å². The van der Waals surface area contributed by atoms with Gasteiger partial charge in [0.2, 0.25) is 5.91 Å². The van der Waals surface area contributed by atoms with Crippen LogP contribution in [0.3, 0.4) is 0 Å². The van der Waals surface area contributed by atoms with Crippen molar-refractivity contribution in [2.75, 3.05) is 39.5 Å². The lowest BCUT2D eigenvalue weighted by Crippen LogP contribution is -2.47. The molecule has 0 saturated carbocycles. The molecule has 0 radical (unpaired) electrons. The third-order valence-electron chi connectivity index (χ3n) is 7.79. The van der Waals surface area contributed by atoms with Crippen molar-refractivity contribution in [1.29, 1.82) is 0 Å². The number of piperidine rings is 1. The quantitative estimate of drug-likeness (QED) is 0.0900. The van der Waals surface area contributed by atoms with Gasteiger partial charge in [0.05, 0.1) is 12.2 Å². The van der Waals surface area contributed by atoms with Crippen LogP contribution in [-0.4, -0.2) is 96.9 Å². The van der Waals surface area contributed by atoms with Gasteiger partial charge in [-0.2, -0.15) is 0 Å². The molecule has 1 fully saturated rings. The molecule has 0 spiro atoms. The molecule has 1 aromatic carbocycles. The summed E-state index contributed by atoms with van der Waals surface area (Å²) in [5.41, 5.74) is -0.161. The summed E-state index contributed by atoms with van der Waals surface area (Å²) in [7, 11) is 2.97. The first-order valence-electron chi connectivity index (χ1n) is 17.5. The zero-order chi connectivity index (χ0) is 36.0. The number of ether oxygens (including phenoxy) is 2. The maximum atomic E-state index is 13.4. The maximum Gasteiger partial charge on any atom is 0.407 e. The number of amides is 3. The van der Waals surface area contributed by atoms with Crippen LogP contribution >= 0.6 is 11.9 Å². The Hall–Kier alpha value is -3.12. The van der Waals surface area contributed by atoms with E-state index in [0.717, 1.165) is 57.4 Å². The molecule has 3 amide bonds. The van der Waals surface area contributed by atoms with E-state index in [0.29, 0.717) is 24.9 Å². The fourth-order valence-electron chi connectivity index (χ4n) is 5.27. The van der Waals surface area contributed by atoms with Crippen LogP contribution in [0.2, 0.25) is 0 Å².